The van der Waals surface area contributed by atoms with Crippen LogP contribution in [-0.2, 0) is 4.79 Å². The summed E-state index contributed by atoms with van der Waals surface area (Å²) in [6.07, 6.45) is 4.95. The van der Waals surface area contributed by atoms with E-state index in [1.54, 1.807) is 0 Å². The van der Waals surface area contributed by atoms with Crippen molar-refractivity contribution in [3.05, 3.63) is 0 Å². The Morgan fingerprint density at radius 2 is 2.00 bits per heavy atom. The van der Waals surface area contributed by atoms with Crippen molar-refractivity contribution in [2.24, 2.45) is 17.8 Å². The molecular weight excluding hydrogens is 236 g/mol. The molecule has 3 heteroatoms. The first-order valence-corrected chi connectivity index (χ1v) is 8.03. The zero-order chi connectivity index (χ0) is 14.2. The molecule has 1 amide bonds. The molecule has 19 heavy (non-hydrogen) atoms. The first kappa shape index (κ1) is 14.8. The van der Waals surface area contributed by atoms with E-state index in [2.05, 4.69) is 44.8 Å². The summed E-state index contributed by atoms with van der Waals surface area (Å²) >= 11 is 0. The smallest absolute Gasteiger partial charge is 0.241 e. The van der Waals surface area contributed by atoms with E-state index in [0.717, 1.165) is 12.3 Å². The lowest BCUT2D eigenvalue weighted by molar-refractivity contribution is -0.134. The van der Waals surface area contributed by atoms with Gasteiger partial charge in [-0.05, 0) is 43.9 Å². The van der Waals surface area contributed by atoms with Gasteiger partial charge in [0.15, 0.2) is 0 Å². The molecule has 2 rings (SSSR count). The van der Waals surface area contributed by atoms with E-state index in [-0.39, 0.29) is 12.2 Å². The van der Waals surface area contributed by atoms with Crippen molar-refractivity contribution in [2.45, 2.75) is 78.6 Å². The SMILES string of the molecule is CCC(C)C1NC(C)N(C2CCC(C)CC2C)C1=O. The number of hydrogen-bond acceptors (Lipinski definition) is 2. The summed E-state index contributed by atoms with van der Waals surface area (Å²) in [6.45, 7) is 11.1. The van der Waals surface area contributed by atoms with E-state index in [1.165, 1.54) is 19.3 Å². The Bertz CT molecular complexity index is 331. The van der Waals surface area contributed by atoms with E-state index in [9.17, 15) is 4.79 Å². The standard InChI is InChI=1S/C16H30N2O/c1-6-11(3)15-16(19)18(13(5)17-15)14-8-7-10(2)9-12(14)4/h10-15,17H,6-9H2,1-5H3. The predicted molar refractivity (Wildman–Crippen MR) is 78.7 cm³/mol. The Hall–Kier alpha value is -0.570. The van der Waals surface area contributed by atoms with Gasteiger partial charge in [-0.3, -0.25) is 10.1 Å². The third kappa shape index (κ3) is 2.81. The van der Waals surface area contributed by atoms with Gasteiger partial charge in [0, 0.05) is 6.04 Å². The molecule has 0 aromatic rings. The lowest BCUT2D eigenvalue weighted by atomic mass is 9.79. The van der Waals surface area contributed by atoms with Crippen LogP contribution in [0.2, 0.25) is 0 Å². The monoisotopic (exact) mass is 266 g/mol. The normalized spacial score (nSPS) is 41.6. The Kier molecular flexibility index (Phi) is 4.54. The molecular formula is C16H30N2O. The van der Waals surface area contributed by atoms with Gasteiger partial charge >= 0.3 is 0 Å². The Morgan fingerprint density at radius 1 is 1.32 bits per heavy atom. The number of carbonyl (C=O) groups is 1. The summed E-state index contributed by atoms with van der Waals surface area (Å²) in [4.78, 5) is 14.9. The fourth-order valence-corrected chi connectivity index (χ4v) is 3.92. The number of amides is 1. The number of hydrogen-bond donors (Lipinski definition) is 1. The van der Waals surface area contributed by atoms with Gasteiger partial charge in [-0.1, -0.05) is 34.1 Å². The summed E-state index contributed by atoms with van der Waals surface area (Å²) in [5.74, 6) is 2.22. The van der Waals surface area contributed by atoms with Crippen molar-refractivity contribution >= 4 is 5.91 Å². The van der Waals surface area contributed by atoms with E-state index in [1.807, 2.05) is 0 Å². The number of nitrogens with zero attached hydrogens (tertiary/aromatic N) is 1. The summed E-state index contributed by atoms with van der Waals surface area (Å²) in [5, 5.41) is 3.51. The summed E-state index contributed by atoms with van der Waals surface area (Å²) < 4.78 is 0. The van der Waals surface area contributed by atoms with Gasteiger partial charge in [-0.15, -0.1) is 0 Å². The average Bonchev–Trinajstić information content (AvgIpc) is 2.65. The van der Waals surface area contributed by atoms with Crippen LogP contribution in [0.3, 0.4) is 0 Å². The molecule has 0 aromatic carbocycles. The molecule has 0 bridgehead atoms. The van der Waals surface area contributed by atoms with E-state index in [0.29, 0.717) is 23.8 Å². The van der Waals surface area contributed by atoms with Crippen molar-refractivity contribution < 1.29 is 4.79 Å². The number of rotatable bonds is 3. The lowest BCUT2D eigenvalue weighted by Crippen LogP contribution is -2.48. The van der Waals surface area contributed by atoms with Gasteiger partial charge in [-0.2, -0.15) is 0 Å². The van der Waals surface area contributed by atoms with Crippen LogP contribution < -0.4 is 5.32 Å². The molecule has 110 valence electrons. The quantitative estimate of drug-likeness (QED) is 0.851. The molecule has 0 radical (unpaired) electrons. The van der Waals surface area contributed by atoms with E-state index >= 15 is 0 Å². The van der Waals surface area contributed by atoms with Gasteiger partial charge in [-0.25, -0.2) is 0 Å². The Morgan fingerprint density at radius 3 is 2.58 bits per heavy atom. The topological polar surface area (TPSA) is 32.3 Å². The van der Waals surface area contributed by atoms with Crippen LogP contribution in [0.4, 0.5) is 0 Å². The third-order valence-electron chi connectivity index (χ3n) is 5.32. The molecule has 1 saturated heterocycles. The minimum absolute atomic E-state index is 0.0338. The zero-order valence-corrected chi connectivity index (χ0v) is 13.1. The highest BCUT2D eigenvalue weighted by molar-refractivity contribution is 5.85. The Labute approximate surface area is 118 Å². The number of carbonyl (C=O) groups excluding carboxylic acids is 1. The summed E-state index contributed by atoms with van der Waals surface area (Å²) in [6, 6.07) is 0.479. The molecule has 3 nitrogen and oxygen atoms in total. The minimum atomic E-state index is 0.0338. The van der Waals surface area contributed by atoms with Gasteiger partial charge in [0.05, 0.1) is 12.2 Å². The minimum Gasteiger partial charge on any atom is -0.323 e. The van der Waals surface area contributed by atoms with Crippen molar-refractivity contribution in [3.8, 4) is 0 Å². The van der Waals surface area contributed by atoms with Crippen molar-refractivity contribution in [1.29, 1.82) is 0 Å². The summed E-state index contributed by atoms with van der Waals surface area (Å²) in [5.41, 5.74) is 0. The highest BCUT2D eigenvalue weighted by atomic mass is 16.2. The molecule has 1 saturated carbocycles. The lowest BCUT2D eigenvalue weighted by Gasteiger charge is -2.40. The van der Waals surface area contributed by atoms with Crippen LogP contribution in [0.25, 0.3) is 0 Å². The van der Waals surface area contributed by atoms with E-state index < -0.39 is 0 Å². The molecule has 0 aromatic heterocycles. The molecule has 6 unspecified atom stereocenters. The van der Waals surface area contributed by atoms with Crippen LogP contribution >= 0.6 is 0 Å². The van der Waals surface area contributed by atoms with Gasteiger partial charge < -0.3 is 4.90 Å². The molecule has 0 spiro atoms. The zero-order valence-electron chi connectivity index (χ0n) is 13.1. The molecule has 2 fully saturated rings. The van der Waals surface area contributed by atoms with Gasteiger partial charge in [0.2, 0.25) is 5.91 Å². The molecule has 1 heterocycles. The molecule has 6 atom stereocenters. The van der Waals surface area contributed by atoms with Crippen LogP contribution in [0.5, 0.6) is 0 Å². The highest BCUT2D eigenvalue weighted by Gasteiger charge is 2.44. The Balaban J connectivity index is 2.09. The van der Waals surface area contributed by atoms with Crippen LogP contribution in [0.15, 0.2) is 0 Å². The highest BCUT2D eigenvalue weighted by Crippen LogP contribution is 2.35. The fraction of sp³-hybridized carbons (Fsp3) is 0.938. The maximum absolute atomic E-state index is 12.7. The predicted octanol–water partition coefficient (Wildman–Crippen LogP) is 3.00. The number of nitrogens with one attached hydrogen (secondary N) is 1. The van der Waals surface area contributed by atoms with Crippen molar-refractivity contribution in [3.63, 3.8) is 0 Å². The third-order valence-corrected chi connectivity index (χ3v) is 5.32. The van der Waals surface area contributed by atoms with Crippen molar-refractivity contribution in [2.75, 3.05) is 0 Å². The molecule has 1 aliphatic heterocycles. The molecule has 1 aliphatic carbocycles. The van der Waals surface area contributed by atoms with Crippen LogP contribution in [-0.4, -0.2) is 29.1 Å². The van der Waals surface area contributed by atoms with Crippen molar-refractivity contribution in [1.82, 2.24) is 10.2 Å². The second kappa shape index (κ2) is 5.82. The summed E-state index contributed by atoms with van der Waals surface area (Å²) in [7, 11) is 0. The van der Waals surface area contributed by atoms with Crippen LogP contribution in [0, 0.1) is 17.8 Å². The van der Waals surface area contributed by atoms with E-state index in [4.69, 9.17) is 0 Å². The second-order valence-corrected chi connectivity index (χ2v) is 6.91. The first-order valence-electron chi connectivity index (χ1n) is 8.03. The van der Waals surface area contributed by atoms with Gasteiger partial charge in [0.1, 0.15) is 0 Å². The average molecular weight is 266 g/mol. The molecule has 1 N–H and O–H groups in total. The molecule has 2 aliphatic rings. The maximum Gasteiger partial charge on any atom is 0.241 e. The second-order valence-electron chi connectivity index (χ2n) is 6.91. The fourth-order valence-electron chi connectivity index (χ4n) is 3.92. The largest absolute Gasteiger partial charge is 0.323 e. The maximum atomic E-state index is 12.7. The first-order chi connectivity index (χ1) is 8.95. The van der Waals surface area contributed by atoms with Gasteiger partial charge in [0.25, 0.3) is 0 Å². The van der Waals surface area contributed by atoms with Crippen LogP contribution in [0.1, 0.15) is 60.3 Å².